The molecule has 0 aliphatic carbocycles. The highest BCUT2D eigenvalue weighted by Gasteiger charge is 2.35. The smallest absolute Gasteiger partial charge is 0.328 e. The summed E-state index contributed by atoms with van der Waals surface area (Å²) in [6.45, 7) is 3.95. The first-order chi connectivity index (χ1) is 24.8. The number of carbonyl (C=O) groups is 4. The number of thiazole rings is 1. The Kier molecular flexibility index (Phi) is 12.6. The lowest BCUT2D eigenvalue weighted by Crippen LogP contribution is -2.49. The van der Waals surface area contributed by atoms with E-state index in [9.17, 15) is 23.6 Å². The van der Waals surface area contributed by atoms with Gasteiger partial charge in [0.25, 0.3) is 11.8 Å². The Morgan fingerprint density at radius 3 is 2.27 bits per heavy atom. The molecule has 0 spiro atoms. The van der Waals surface area contributed by atoms with Gasteiger partial charge in [-0.25, -0.2) is 14.2 Å². The summed E-state index contributed by atoms with van der Waals surface area (Å²) in [6, 6.07) is 9.08. The highest BCUT2D eigenvalue weighted by molar-refractivity contribution is 7.22. The number of urea groups is 1. The van der Waals surface area contributed by atoms with Gasteiger partial charge in [0.05, 0.1) is 56.5 Å². The molecule has 2 bridgehead atoms. The molecule has 0 saturated carbocycles. The zero-order valence-electron chi connectivity index (χ0n) is 28.0. The number of hydrogen-bond donors (Lipinski definition) is 3. The molecule has 1 aromatic heterocycles. The van der Waals surface area contributed by atoms with Crippen molar-refractivity contribution in [3.8, 4) is 5.75 Å². The summed E-state index contributed by atoms with van der Waals surface area (Å²) in [4.78, 5) is 56.3. The lowest BCUT2D eigenvalue weighted by molar-refractivity contribution is -0.123. The van der Waals surface area contributed by atoms with Crippen LogP contribution >= 0.6 is 11.3 Å². The largest absolute Gasteiger partial charge is 0.478 e. The van der Waals surface area contributed by atoms with Crippen molar-refractivity contribution in [2.45, 2.75) is 31.5 Å². The number of fused-ring (bicyclic) bond motifs is 3. The van der Waals surface area contributed by atoms with Gasteiger partial charge in [-0.3, -0.25) is 24.6 Å². The fraction of sp³-hybridized carbons (Fsp3) is 0.500. The van der Waals surface area contributed by atoms with Crippen molar-refractivity contribution >= 4 is 56.1 Å². The van der Waals surface area contributed by atoms with Crippen LogP contribution in [0.1, 0.15) is 29.6 Å². The standard InChI is InChI=1S/C34H41FN6O9S/c35-26-7-8-27-30(39-34(51-27)40-19-24-5-6-25(20-40)50-24)31(26)49-21-29(43)36-10-13-46-15-17-48-18-16-47-14-11-37-32(44)22-1-3-23(4-2-22)41-12-9-28(42)38-33(41)45/h1-4,7-8,24-25H,5-6,9-21H2,(H,36,43)(H,37,44)(H,38,42,45)/t24-,25+. The molecule has 15 nitrogen and oxygen atoms in total. The van der Waals surface area contributed by atoms with Crippen LogP contribution in [-0.4, -0.2) is 120 Å². The van der Waals surface area contributed by atoms with Crippen LogP contribution in [0.4, 0.5) is 20.0 Å². The number of rotatable bonds is 18. The van der Waals surface area contributed by atoms with Gasteiger partial charge in [0, 0.05) is 50.4 Å². The van der Waals surface area contributed by atoms with Crippen LogP contribution in [0.25, 0.3) is 10.2 Å². The van der Waals surface area contributed by atoms with E-state index < -0.39 is 17.8 Å². The molecular weight excluding hydrogens is 687 g/mol. The van der Waals surface area contributed by atoms with Gasteiger partial charge in [0.1, 0.15) is 5.52 Å². The molecule has 4 heterocycles. The fourth-order valence-corrected chi connectivity index (χ4v) is 6.90. The van der Waals surface area contributed by atoms with Crippen LogP contribution in [0.15, 0.2) is 36.4 Å². The van der Waals surface area contributed by atoms with E-state index in [1.54, 1.807) is 30.3 Å². The van der Waals surface area contributed by atoms with Gasteiger partial charge in [-0.1, -0.05) is 11.3 Å². The summed E-state index contributed by atoms with van der Waals surface area (Å²) in [5.74, 6) is -1.58. The summed E-state index contributed by atoms with van der Waals surface area (Å²) >= 11 is 1.48. The minimum absolute atomic E-state index is 0.0298. The van der Waals surface area contributed by atoms with Gasteiger partial charge in [-0.15, -0.1) is 0 Å². The fourth-order valence-electron chi connectivity index (χ4n) is 5.91. The van der Waals surface area contributed by atoms with Crippen molar-refractivity contribution in [1.29, 1.82) is 0 Å². The Morgan fingerprint density at radius 1 is 0.922 bits per heavy atom. The molecule has 3 N–H and O–H groups in total. The normalized spacial score (nSPS) is 18.6. The first-order valence-corrected chi connectivity index (χ1v) is 17.8. The summed E-state index contributed by atoms with van der Waals surface area (Å²) in [5, 5.41) is 8.53. The maximum atomic E-state index is 14.7. The zero-order valence-corrected chi connectivity index (χ0v) is 28.8. The van der Waals surface area contributed by atoms with E-state index in [1.165, 1.54) is 22.3 Å². The maximum Gasteiger partial charge on any atom is 0.328 e. The van der Waals surface area contributed by atoms with E-state index in [0.29, 0.717) is 56.3 Å². The second kappa shape index (κ2) is 17.7. The van der Waals surface area contributed by atoms with Gasteiger partial charge in [-0.05, 0) is 49.2 Å². The molecule has 0 unspecified atom stereocenters. The second-order valence-electron chi connectivity index (χ2n) is 12.1. The first-order valence-electron chi connectivity index (χ1n) is 17.0. The number of carbonyl (C=O) groups excluding carboxylic acids is 4. The molecule has 2 atom stereocenters. The highest BCUT2D eigenvalue weighted by atomic mass is 32.1. The van der Waals surface area contributed by atoms with E-state index in [2.05, 4.69) is 25.8 Å². The monoisotopic (exact) mass is 728 g/mol. The molecule has 3 aromatic rings. The third-order valence-electron chi connectivity index (χ3n) is 8.46. The minimum Gasteiger partial charge on any atom is -0.478 e. The summed E-state index contributed by atoms with van der Waals surface area (Å²) < 4.78 is 43.4. The van der Waals surface area contributed by atoms with E-state index in [1.807, 2.05) is 0 Å². The molecule has 3 aliphatic rings. The Balaban J connectivity index is 0.770. The van der Waals surface area contributed by atoms with Crippen LogP contribution in [-0.2, 0) is 28.5 Å². The topological polar surface area (TPSA) is 170 Å². The molecule has 5 amide bonds. The van der Waals surface area contributed by atoms with Gasteiger partial charge in [-0.2, -0.15) is 0 Å². The first kappa shape index (κ1) is 36.4. The van der Waals surface area contributed by atoms with Crippen molar-refractivity contribution in [1.82, 2.24) is 20.9 Å². The van der Waals surface area contributed by atoms with Crippen LogP contribution in [0.3, 0.4) is 0 Å². The van der Waals surface area contributed by atoms with Crippen molar-refractivity contribution in [3.05, 3.63) is 47.8 Å². The molecular formula is C34H41FN6O9S. The van der Waals surface area contributed by atoms with E-state index in [4.69, 9.17) is 23.7 Å². The minimum atomic E-state index is -0.568. The third kappa shape index (κ3) is 9.89. The van der Waals surface area contributed by atoms with E-state index in [0.717, 1.165) is 35.8 Å². The summed E-state index contributed by atoms with van der Waals surface area (Å²) in [6.07, 6.45) is 2.72. The Bertz CT molecular complexity index is 1680. The number of hydrogen-bond acceptors (Lipinski definition) is 12. The van der Waals surface area contributed by atoms with E-state index in [-0.39, 0.29) is 62.5 Å². The van der Waals surface area contributed by atoms with Gasteiger partial charge in [0.15, 0.2) is 23.3 Å². The molecule has 2 aromatic carbocycles. The lowest BCUT2D eigenvalue weighted by Gasteiger charge is -2.31. The number of imide groups is 1. The SMILES string of the molecule is O=C(COc1c(F)ccc2sc(N3C[C@H]4CC[C@@H](C3)O4)nc12)NCCOCCOCCOCCNC(=O)c1ccc(N2CCC(=O)NC2=O)cc1. The number of benzene rings is 2. The van der Waals surface area contributed by atoms with Crippen LogP contribution < -0.4 is 30.5 Å². The summed E-state index contributed by atoms with van der Waals surface area (Å²) in [5.41, 5.74) is 1.45. The van der Waals surface area contributed by atoms with Crippen LogP contribution in [0.2, 0.25) is 0 Å². The van der Waals surface area contributed by atoms with Crippen molar-refractivity contribution in [2.75, 3.05) is 88.8 Å². The molecule has 51 heavy (non-hydrogen) atoms. The summed E-state index contributed by atoms with van der Waals surface area (Å²) in [7, 11) is 0. The lowest BCUT2D eigenvalue weighted by atomic mass is 10.1. The predicted molar refractivity (Wildman–Crippen MR) is 185 cm³/mol. The second-order valence-corrected chi connectivity index (χ2v) is 13.1. The number of anilines is 2. The third-order valence-corrected chi connectivity index (χ3v) is 9.54. The van der Waals surface area contributed by atoms with Crippen LogP contribution in [0.5, 0.6) is 5.75 Å². The number of aromatic nitrogens is 1. The Hall–Kier alpha value is -4.42. The highest BCUT2D eigenvalue weighted by Crippen LogP contribution is 2.38. The molecule has 0 radical (unpaired) electrons. The number of nitrogens with one attached hydrogen (secondary N) is 3. The average Bonchev–Trinajstić information content (AvgIpc) is 3.72. The van der Waals surface area contributed by atoms with Crippen molar-refractivity contribution < 1.29 is 47.3 Å². The molecule has 17 heteroatoms. The number of amides is 5. The average molecular weight is 729 g/mol. The molecule has 3 saturated heterocycles. The molecule has 274 valence electrons. The number of morpholine rings is 1. The Labute approximate surface area is 297 Å². The van der Waals surface area contributed by atoms with E-state index >= 15 is 0 Å². The quantitative estimate of drug-likeness (QED) is 0.164. The number of halogens is 1. The van der Waals surface area contributed by atoms with Gasteiger partial charge in [0.2, 0.25) is 5.91 Å². The maximum absolute atomic E-state index is 14.7. The van der Waals surface area contributed by atoms with Crippen molar-refractivity contribution in [3.63, 3.8) is 0 Å². The molecule has 6 rings (SSSR count). The number of nitrogens with zero attached hydrogens (tertiary/aromatic N) is 3. The predicted octanol–water partition coefficient (Wildman–Crippen LogP) is 2.22. The zero-order chi connectivity index (χ0) is 35.6. The molecule has 3 fully saturated rings. The molecule has 3 aliphatic heterocycles. The van der Waals surface area contributed by atoms with Gasteiger partial charge >= 0.3 is 6.03 Å². The Morgan fingerprint density at radius 2 is 1.59 bits per heavy atom. The van der Waals surface area contributed by atoms with Gasteiger partial charge < -0.3 is 39.2 Å². The number of ether oxygens (including phenoxy) is 5. The van der Waals surface area contributed by atoms with Crippen molar-refractivity contribution in [2.24, 2.45) is 0 Å². The van der Waals surface area contributed by atoms with Crippen LogP contribution in [0, 0.1) is 5.82 Å².